The molecule has 0 saturated heterocycles. The zero-order chi connectivity index (χ0) is 13.7. The van der Waals surface area contributed by atoms with Crippen molar-refractivity contribution in [1.29, 1.82) is 0 Å². The van der Waals surface area contributed by atoms with E-state index in [9.17, 15) is 9.90 Å². The van der Waals surface area contributed by atoms with E-state index in [0.29, 0.717) is 24.1 Å². The van der Waals surface area contributed by atoms with Crippen LogP contribution >= 0.6 is 0 Å². The van der Waals surface area contributed by atoms with E-state index in [4.69, 9.17) is 5.11 Å². The Morgan fingerprint density at radius 2 is 2.11 bits per heavy atom. The SMILES string of the molecule is O=C(O)c1ccncc1NCC1CCCCC1CO. The normalized spacial score (nSPS) is 23.0. The highest BCUT2D eigenvalue weighted by atomic mass is 16.4. The Labute approximate surface area is 112 Å². The second-order valence-corrected chi connectivity index (χ2v) is 5.09. The molecule has 1 heterocycles. The number of rotatable bonds is 5. The second kappa shape index (κ2) is 6.52. The predicted octanol–water partition coefficient (Wildman–Crippen LogP) is 1.99. The lowest BCUT2D eigenvalue weighted by molar-refractivity contribution is 0.0697. The van der Waals surface area contributed by atoms with Crippen molar-refractivity contribution in [3.8, 4) is 0 Å². The predicted molar refractivity (Wildman–Crippen MR) is 72.2 cm³/mol. The van der Waals surface area contributed by atoms with Gasteiger partial charge in [-0.2, -0.15) is 0 Å². The highest BCUT2D eigenvalue weighted by Gasteiger charge is 2.24. The molecule has 1 aliphatic carbocycles. The molecule has 1 aliphatic rings. The number of carboxylic acid groups (broad SMARTS) is 1. The van der Waals surface area contributed by atoms with Gasteiger partial charge in [0.2, 0.25) is 0 Å². The molecule has 0 radical (unpaired) electrons. The van der Waals surface area contributed by atoms with Crippen LogP contribution in [0.2, 0.25) is 0 Å². The summed E-state index contributed by atoms with van der Waals surface area (Å²) in [5, 5.41) is 21.6. The first kappa shape index (κ1) is 13.8. The van der Waals surface area contributed by atoms with E-state index in [0.717, 1.165) is 12.8 Å². The second-order valence-electron chi connectivity index (χ2n) is 5.09. The van der Waals surface area contributed by atoms with Crippen LogP contribution in [-0.2, 0) is 0 Å². The summed E-state index contributed by atoms with van der Waals surface area (Å²) in [4.78, 5) is 15.0. The number of hydrogen-bond acceptors (Lipinski definition) is 4. The van der Waals surface area contributed by atoms with Crippen molar-refractivity contribution in [2.24, 2.45) is 11.8 Å². The highest BCUT2D eigenvalue weighted by Crippen LogP contribution is 2.30. The van der Waals surface area contributed by atoms with Gasteiger partial charge in [0.25, 0.3) is 0 Å². The number of hydrogen-bond donors (Lipinski definition) is 3. The molecule has 1 saturated carbocycles. The molecule has 2 atom stereocenters. The number of aliphatic hydroxyl groups is 1. The average molecular weight is 264 g/mol. The molecule has 1 fully saturated rings. The standard InChI is InChI=1S/C14H20N2O3/c17-9-11-4-2-1-3-10(11)7-16-13-8-15-6-5-12(13)14(18)19/h5-6,8,10-11,16-17H,1-4,7,9H2,(H,18,19). The Kier molecular flexibility index (Phi) is 4.74. The quantitative estimate of drug-likeness (QED) is 0.757. The van der Waals surface area contributed by atoms with Gasteiger partial charge in [0.15, 0.2) is 0 Å². The van der Waals surface area contributed by atoms with Crippen molar-refractivity contribution < 1.29 is 15.0 Å². The minimum absolute atomic E-state index is 0.213. The molecular weight excluding hydrogens is 244 g/mol. The van der Waals surface area contributed by atoms with Crippen molar-refractivity contribution in [2.75, 3.05) is 18.5 Å². The van der Waals surface area contributed by atoms with Crippen molar-refractivity contribution in [1.82, 2.24) is 4.98 Å². The lowest BCUT2D eigenvalue weighted by atomic mass is 9.79. The number of nitrogens with zero attached hydrogens (tertiary/aromatic N) is 1. The molecule has 5 nitrogen and oxygen atoms in total. The molecule has 0 spiro atoms. The van der Waals surface area contributed by atoms with Crippen LogP contribution in [-0.4, -0.2) is 34.3 Å². The molecule has 2 unspecified atom stereocenters. The summed E-state index contributed by atoms with van der Waals surface area (Å²) in [5.74, 6) is -0.223. The number of carboxylic acids is 1. The first-order valence-corrected chi connectivity index (χ1v) is 6.74. The summed E-state index contributed by atoms with van der Waals surface area (Å²) in [6.07, 6.45) is 7.52. The van der Waals surface area contributed by atoms with Gasteiger partial charge in [-0.1, -0.05) is 12.8 Å². The fourth-order valence-electron chi connectivity index (χ4n) is 2.76. The zero-order valence-corrected chi connectivity index (χ0v) is 10.9. The van der Waals surface area contributed by atoms with Crippen LogP contribution in [0.1, 0.15) is 36.0 Å². The van der Waals surface area contributed by atoms with Gasteiger partial charge in [0.05, 0.1) is 17.4 Å². The average Bonchev–Trinajstić information content (AvgIpc) is 2.45. The van der Waals surface area contributed by atoms with E-state index in [1.807, 2.05) is 0 Å². The minimum Gasteiger partial charge on any atom is -0.478 e. The van der Waals surface area contributed by atoms with Crippen LogP contribution in [0, 0.1) is 11.8 Å². The van der Waals surface area contributed by atoms with Crippen LogP contribution in [0.5, 0.6) is 0 Å². The van der Waals surface area contributed by atoms with Crippen LogP contribution in [0.25, 0.3) is 0 Å². The maximum absolute atomic E-state index is 11.1. The Hall–Kier alpha value is -1.62. The fourth-order valence-corrected chi connectivity index (χ4v) is 2.76. The topological polar surface area (TPSA) is 82.5 Å². The van der Waals surface area contributed by atoms with Crippen LogP contribution < -0.4 is 5.32 Å². The van der Waals surface area contributed by atoms with E-state index in [-0.39, 0.29) is 12.2 Å². The first-order valence-electron chi connectivity index (χ1n) is 6.74. The molecule has 0 bridgehead atoms. The van der Waals surface area contributed by atoms with Crippen molar-refractivity contribution in [3.05, 3.63) is 24.0 Å². The molecule has 1 aromatic rings. The van der Waals surface area contributed by atoms with Gasteiger partial charge >= 0.3 is 5.97 Å². The number of aromatic carboxylic acids is 1. The third-order valence-corrected chi connectivity index (χ3v) is 3.91. The highest BCUT2D eigenvalue weighted by molar-refractivity contribution is 5.93. The molecule has 0 aliphatic heterocycles. The van der Waals surface area contributed by atoms with Gasteiger partial charge in [0.1, 0.15) is 0 Å². The third-order valence-electron chi connectivity index (χ3n) is 3.91. The summed E-state index contributed by atoms with van der Waals surface area (Å²) < 4.78 is 0. The summed E-state index contributed by atoms with van der Waals surface area (Å²) in [6, 6.07) is 1.50. The lowest BCUT2D eigenvalue weighted by Crippen LogP contribution is -2.29. The first-order chi connectivity index (χ1) is 9.22. The molecular formula is C14H20N2O3. The van der Waals surface area contributed by atoms with Crippen molar-refractivity contribution in [2.45, 2.75) is 25.7 Å². The molecule has 5 heteroatoms. The maximum atomic E-state index is 11.1. The molecule has 3 N–H and O–H groups in total. The maximum Gasteiger partial charge on any atom is 0.337 e. The Bertz CT molecular complexity index is 436. The van der Waals surface area contributed by atoms with Crippen LogP contribution in [0.15, 0.2) is 18.5 Å². The Morgan fingerprint density at radius 1 is 1.37 bits per heavy atom. The number of aromatic nitrogens is 1. The Morgan fingerprint density at radius 3 is 2.79 bits per heavy atom. The van der Waals surface area contributed by atoms with E-state index in [1.165, 1.54) is 25.1 Å². The van der Waals surface area contributed by atoms with Gasteiger partial charge in [-0.05, 0) is 30.7 Å². The largest absolute Gasteiger partial charge is 0.478 e. The Balaban J connectivity index is 2.00. The molecule has 1 aromatic heterocycles. The molecule has 0 amide bonds. The molecule has 104 valence electrons. The molecule has 0 aromatic carbocycles. The van der Waals surface area contributed by atoms with Crippen LogP contribution in [0.4, 0.5) is 5.69 Å². The van der Waals surface area contributed by atoms with Gasteiger partial charge in [-0.15, -0.1) is 0 Å². The zero-order valence-electron chi connectivity index (χ0n) is 10.9. The number of pyridine rings is 1. The fraction of sp³-hybridized carbons (Fsp3) is 0.571. The number of aliphatic hydroxyl groups excluding tert-OH is 1. The molecule has 2 rings (SSSR count). The third kappa shape index (κ3) is 3.44. The molecule has 19 heavy (non-hydrogen) atoms. The smallest absolute Gasteiger partial charge is 0.337 e. The van der Waals surface area contributed by atoms with Gasteiger partial charge < -0.3 is 15.5 Å². The summed E-state index contributed by atoms with van der Waals surface area (Å²) in [5.41, 5.74) is 0.795. The summed E-state index contributed by atoms with van der Waals surface area (Å²) in [7, 11) is 0. The monoisotopic (exact) mass is 264 g/mol. The van der Waals surface area contributed by atoms with E-state index in [1.54, 1.807) is 6.20 Å². The lowest BCUT2D eigenvalue weighted by Gasteiger charge is -2.30. The number of nitrogens with one attached hydrogen (secondary N) is 1. The van der Waals surface area contributed by atoms with Crippen molar-refractivity contribution in [3.63, 3.8) is 0 Å². The van der Waals surface area contributed by atoms with Gasteiger partial charge in [-0.25, -0.2) is 4.79 Å². The van der Waals surface area contributed by atoms with Gasteiger partial charge in [0, 0.05) is 19.3 Å². The van der Waals surface area contributed by atoms with Crippen molar-refractivity contribution >= 4 is 11.7 Å². The number of carbonyl (C=O) groups is 1. The van der Waals surface area contributed by atoms with E-state index >= 15 is 0 Å². The van der Waals surface area contributed by atoms with E-state index < -0.39 is 5.97 Å². The summed E-state index contributed by atoms with van der Waals surface area (Å²) in [6.45, 7) is 0.905. The van der Waals surface area contributed by atoms with Gasteiger partial charge in [-0.3, -0.25) is 4.98 Å². The minimum atomic E-state index is -0.952. The summed E-state index contributed by atoms with van der Waals surface area (Å²) >= 11 is 0. The van der Waals surface area contributed by atoms with Crippen LogP contribution in [0.3, 0.4) is 0 Å². The number of anilines is 1. The van der Waals surface area contributed by atoms with E-state index in [2.05, 4.69) is 10.3 Å².